The molecule has 8 heteroatoms. The monoisotopic (exact) mass is 358 g/mol. The highest BCUT2D eigenvalue weighted by Gasteiger charge is 2.55. The van der Waals surface area contributed by atoms with E-state index in [4.69, 9.17) is 23.1 Å². The second-order valence-electron chi connectivity index (χ2n) is 6.40. The zero-order valence-corrected chi connectivity index (χ0v) is 14.9. The standard InChI is InChI=1S/C16H22O7S/c1-10-5-7-11(8-6-10)24(17,18)20-9-12-13-14(15(19-4)21-12)23-16(2,3)22-13/h5-8,12-15H,9H2,1-4H3. The van der Waals surface area contributed by atoms with Crippen molar-refractivity contribution in [1.82, 2.24) is 0 Å². The van der Waals surface area contributed by atoms with Crippen LogP contribution in [0.4, 0.5) is 0 Å². The summed E-state index contributed by atoms with van der Waals surface area (Å²) in [7, 11) is -2.36. The number of ether oxygens (including phenoxy) is 4. The van der Waals surface area contributed by atoms with Gasteiger partial charge in [-0.25, -0.2) is 0 Å². The van der Waals surface area contributed by atoms with E-state index in [2.05, 4.69) is 0 Å². The Morgan fingerprint density at radius 1 is 1.12 bits per heavy atom. The van der Waals surface area contributed by atoms with E-state index in [1.807, 2.05) is 6.92 Å². The molecule has 3 rings (SSSR count). The maximum absolute atomic E-state index is 12.3. The van der Waals surface area contributed by atoms with E-state index in [1.165, 1.54) is 19.2 Å². The summed E-state index contributed by atoms with van der Waals surface area (Å²) in [5, 5.41) is 0. The molecule has 2 aliphatic rings. The summed E-state index contributed by atoms with van der Waals surface area (Å²) in [6.07, 6.45) is -2.08. The van der Waals surface area contributed by atoms with Crippen molar-refractivity contribution in [1.29, 1.82) is 0 Å². The molecule has 2 fully saturated rings. The van der Waals surface area contributed by atoms with Crippen LogP contribution >= 0.6 is 0 Å². The van der Waals surface area contributed by atoms with Gasteiger partial charge in [0, 0.05) is 7.11 Å². The van der Waals surface area contributed by atoms with Crippen molar-refractivity contribution >= 4 is 10.1 Å². The van der Waals surface area contributed by atoms with Gasteiger partial charge in [0.15, 0.2) is 12.1 Å². The Morgan fingerprint density at radius 3 is 2.38 bits per heavy atom. The summed E-state index contributed by atoms with van der Waals surface area (Å²) < 4.78 is 52.2. The predicted octanol–water partition coefficient (Wildman–Crippen LogP) is 1.59. The lowest BCUT2D eigenvalue weighted by molar-refractivity contribution is -0.229. The van der Waals surface area contributed by atoms with Gasteiger partial charge in [-0.1, -0.05) is 17.7 Å². The Kier molecular flexibility index (Phi) is 4.71. The largest absolute Gasteiger partial charge is 0.353 e. The molecular formula is C16H22O7S. The van der Waals surface area contributed by atoms with E-state index < -0.39 is 40.5 Å². The van der Waals surface area contributed by atoms with E-state index >= 15 is 0 Å². The first kappa shape index (κ1) is 17.8. The number of methoxy groups -OCH3 is 1. The lowest BCUT2D eigenvalue weighted by Gasteiger charge is -2.23. The van der Waals surface area contributed by atoms with Gasteiger partial charge < -0.3 is 18.9 Å². The molecule has 0 aliphatic carbocycles. The van der Waals surface area contributed by atoms with Crippen LogP contribution in [0, 0.1) is 6.92 Å². The number of hydrogen-bond acceptors (Lipinski definition) is 7. The van der Waals surface area contributed by atoms with Crippen molar-refractivity contribution in [2.75, 3.05) is 13.7 Å². The van der Waals surface area contributed by atoms with Crippen LogP contribution < -0.4 is 0 Å². The molecule has 134 valence electrons. The highest BCUT2D eigenvalue weighted by atomic mass is 32.2. The van der Waals surface area contributed by atoms with Crippen LogP contribution in [-0.2, 0) is 33.2 Å². The lowest BCUT2D eigenvalue weighted by Crippen LogP contribution is -2.33. The van der Waals surface area contributed by atoms with Crippen molar-refractivity contribution in [3.63, 3.8) is 0 Å². The van der Waals surface area contributed by atoms with Gasteiger partial charge in [0.2, 0.25) is 0 Å². The summed E-state index contributed by atoms with van der Waals surface area (Å²) >= 11 is 0. The molecule has 2 saturated heterocycles. The Morgan fingerprint density at radius 2 is 1.75 bits per heavy atom. The molecule has 0 bridgehead atoms. The number of benzene rings is 1. The Hall–Kier alpha value is -1.03. The van der Waals surface area contributed by atoms with Crippen molar-refractivity contribution in [2.45, 2.75) is 56.1 Å². The lowest BCUT2D eigenvalue weighted by atomic mass is 10.1. The molecule has 7 nitrogen and oxygen atoms in total. The molecule has 4 atom stereocenters. The predicted molar refractivity (Wildman–Crippen MR) is 83.8 cm³/mol. The molecule has 0 N–H and O–H groups in total. The molecule has 0 aromatic heterocycles. The number of hydrogen-bond donors (Lipinski definition) is 0. The Labute approximate surface area is 141 Å². The second kappa shape index (κ2) is 6.36. The van der Waals surface area contributed by atoms with Gasteiger partial charge in [0.25, 0.3) is 10.1 Å². The van der Waals surface area contributed by atoms with Gasteiger partial charge in [-0.05, 0) is 32.9 Å². The van der Waals surface area contributed by atoms with Crippen LogP contribution in [0.1, 0.15) is 19.4 Å². The third-order valence-electron chi connectivity index (χ3n) is 4.04. The Bertz CT molecular complexity index is 683. The molecule has 0 spiro atoms. The molecule has 0 amide bonds. The van der Waals surface area contributed by atoms with Gasteiger partial charge in [0.05, 0.1) is 11.5 Å². The van der Waals surface area contributed by atoms with Crippen molar-refractivity contribution in [2.24, 2.45) is 0 Å². The van der Waals surface area contributed by atoms with Gasteiger partial charge in [0.1, 0.15) is 18.3 Å². The van der Waals surface area contributed by atoms with Crippen LogP contribution in [-0.4, -0.2) is 52.5 Å². The molecule has 0 radical (unpaired) electrons. The van der Waals surface area contributed by atoms with Crippen LogP contribution in [0.3, 0.4) is 0 Å². The van der Waals surface area contributed by atoms with E-state index in [0.717, 1.165) is 5.56 Å². The second-order valence-corrected chi connectivity index (χ2v) is 8.01. The molecule has 24 heavy (non-hydrogen) atoms. The fourth-order valence-electron chi connectivity index (χ4n) is 2.90. The first-order valence-electron chi connectivity index (χ1n) is 7.72. The van der Waals surface area contributed by atoms with E-state index in [9.17, 15) is 8.42 Å². The topological polar surface area (TPSA) is 80.3 Å². The Balaban J connectivity index is 1.69. The van der Waals surface area contributed by atoms with Crippen molar-refractivity contribution in [3.8, 4) is 0 Å². The van der Waals surface area contributed by atoms with Gasteiger partial charge >= 0.3 is 0 Å². The van der Waals surface area contributed by atoms with E-state index in [0.29, 0.717) is 0 Å². The van der Waals surface area contributed by atoms with Crippen LogP contribution in [0.5, 0.6) is 0 Å². The third kappa shape index (κ3) is 3.49. The van der Waals surface area contributed by atoms with Crippen molar-refractivity contribution in [3.05, 3.63) is 29.8 Å². The number of fused-ring (bicyclic) bond motifs is 1. The fraction of sp³-hybridized carbons (Fsp3) is 0.625. The highest BCUT2D eigenvalue weighted by Crippen LogP contribution is 2.39. The SMILES string of the molecule is COC1OC(COS(=O)(=O)c2ccc(C)cc2)C2OC(C)(C)OC12. The maximum atomic E-state index is 12.3. The minimum atomic E-state index is -3.86. The molecule has 1 aromatic rings. The summed E-state index contributed by atoms with van der Waals surface area (Å²) in [5.41, 5.74) is 0.970. The van der Waals surface area contributed by atoms with Gasteiger partial charge in [-0.2, -0.15) is 8.42 Å². The zero-order valence-electron chi connectivity index (χ0n) is 14.1. The zero-order chi connectivity index (χ0) is 17.5. The molecule has 2 heterocycles. The summed E-state index contributed by atoms with van der Waals surface area (Å²) in [6.45, 7) is 5.29. The smallest absolute Gasteiger partial charge is 0.297 e. The number of aryl methyl sites for hydroxylation is 1. The van der Waals surface area contributed by atoms with Crippen LogP contribution in [0.15, 0.2) is 29.2 Å². The minimum Gasteiger partial charge on any atom is -0.353 e. The molecule has 4 unspecified atom stereocenters. The summed E-state index contributed by atoms with van der Waals surface area (Å²) in [6, 6.07) is 6.46. The van der Waals surface area contributed by atoms with Crippen LogP contribution in [0.25, 0.3) is 0 Å². The third-order valence-corrected chi connectivity index (χ3v) is 5.33. The molecular weight excluding hydrogens is 336 g/mol. The quantitative estimate of drug-likeness (QED) is 0.740. The van der Waals surface area contributed by atoms with Crippen molar-refractivity contribution < 1.29 is 31.5 Å². The molecule has 1 aromatic carbocycles. The summed E-state index contributed by atoms with van der Waals surface area (Å²) in [5.74, 6) is -0.774. The first-order chi connectivity index (χ1) is 11.2. The maximum Gasteiger partial charge on any atom is 0.297 e. The van der Waals surface area contributed by atoms with Gasteiger partial charge in [-0.3, -0.25) is 4.18 Å². The molecule has 0 saturated carbocycles. The summed E-state index contributed by atoms with van der Waals surface area (Å²) in [4.78, 5) is 0.106. The number of rotatable bonds is 5. The fourth-order valence-corrected chi connectivity index (χ4v) is 3.81. The van der Waals surface area contributed by atoms with E-state index in [1.54, 1.807) is 26.0 Å². The van der Waals surface area contributed by atoms with Crippen LogP contribution in [0.2, 0.25) is 0 Å². The van der Waals surface area contributed by atoms with Gasteiger partial charge in [-0.15, -0.1) is 0 Å². The van der Waals surface area contributed by atoms with E-state index in [-0.39, 0.29) is 11.5 Å². The average Bonchev–Trinajstić information content (AvgIpc) is 2.99. The molecule has 2 aliphatic heterocycles. The highest BCUT2D eigenvalue weighted by molar-refractivity contribution is 7.86. The minimum absolute atomic E-state index is 0.106. The first-order valence-corrected chi connectivity index (χ1v) is 9.13. The average molecular weight is 358 g/mol. The normalized spacial score (nSPS) is 32.0.